The molecule has 0 aliphatic heterocycles. The zero-order chi connectivity index (χ0) is 34.1. The minimum absolute atomic E-state index is 0.563. The Hall–Kier alpha value is -6.52. The summed E-state index contributed by atoms with van der Waals surface area (Å²) >= 11 is 0. The maximum Gasteiger partial charge on any atom is 0.118 e. The van der Waals surface area contributed by atoms with Crippen LogP contribution in [0.4, 0.5) is 0 Å². The summed E-state index contributed by atoms with van der Waals surface area (Å²) in [6, 6.07) is 56.1. The van der Waals surface area contributed by atoms with Gasteiger partial charge < -0.3 is 9.47 Å². The molecule has 0 fully saturated rings. The highest BCUT2D eigenvalue weighted by Crippen LogP contribution is 2.61. The van der Waals surface area contributed by atoms with E-state index in [4.69, 9.17) is 19.4 Å². The number of methoxy groups -OCH3 is 2. The van der Waals surface area contributed by atoms with E-state index in [9.17, 15) is 0 Å². The van der Waals surface area contributed by atoms with E-state index in [1.807, 2.05) is 24.3 Å². The maximum atomic E-state index is 5.70. The Balaban J connectivity index is 1.35. The van der Waals surface area contributed by atoms with E-state index in [1.54, 1.807) is 14.2 Å². The number of nitrogens with zero attached hydrogens (tertiary/aromatic N) is 2. The molecule has 0 bridgehead atoms. The summed E-state index contributed by atoms with van der Waals surface area (Å²) in [6.45, 7) is 0. The van der Waals surface area contributed by atoms with Crippen LogP contribution in [0.1, 0.15) is 22.3 Å². The SMILES string of the molecule is COc1ccc(-c2ccc(-c3ccc(OC)cc3)c3nc4c(nc23)-c2ccccc2C2(c3ccccc3-c3ccccc32)c2ccccc2-4)cc1. The van der Waals surface area contributed by atoms with Gasteiger partial charge in [0.1, 0.15) is 11.5 Å². The Bertz CT molecular complexity index is 2470. The van der Waals surface area contributed by atoms with Crippen molar-refractivity contribution in [3.05, 3.63) is 180 Å². The molecule has 2 aliphatic rings. The molecule has 4 heteroatoms. The smallest absolute Gasteiger partial charge is 0.118 e. The highest BCUT2D eigenvalue weighted by atomic mass is 16.5. The van der Waals surface area contributed by atoms with Crippen LogP contribution in [0, 0.1) is 0 Å². The zero-order valence-corrected chi connectivity index (χ0v) is 28.2. The Kier molecular flexibility index (Phi) is 6.49. The van der Waals surface area contributed by atoms with E-state index >= 15 is 0 Å². The first-order valence-corrected chi connectivity index (χ1v) is 17.2. The number of hydrogen-bond donors (Lipinski definition) is 0. The number of rotatable bonds is 4. The molecule has 0 radical (unpaired) electrons. The summed E-state index contributed by atoms with van der Waals surface area (Å²) in [5, 5.41) is 0. The number of aromatic nitrogens is 2. The Morgan fingerprint density at radius 1 is 0.353 bits per heavy atom. The van der Waals surface area contributed by atoms with Crippen LogP contribution in [0.15, 0.2) is 158 Å². The summed E-state index contributed by atoms with van der Waals surface area (Å²) in [4.78, 5) is 11.4. The second kappa shape index (κ2) is 11.3. The minimum atomic E-state index is -0.563. The van der Waals surface area contributed by atoms with E-state index in [1.165, 1.54) is 33.4 Å². The third kappa shape index (κ3) is 4.14. The van der Waals surface area contributed by atoms with Gasteiger partial charge in [-0.25, -0.2) is 9.97 Å². The van der Waals surface area contributed by atoms with Gasteiger partial charge in [-0.05, 0) is 68.8 Å². The molecule has 2 aliphatic carbocycles. The summed E-state index contributed by atoms with van der Waals surface area (Å²) in [5.41, 5.74) is 16.7. The van der Waals surface area contributed by atoms with Gasteiger partial charge in [0.25, 0.3) is 0 Å². The van der Waals surface area contributed by atoms with Crippen LogP contribution in [0.5, 0.6) is 11.5 Å². The molecule has 10 rings (SSSR count). The molecule has 8 aromatic rings. The molecule has 0 saturated carbocycles. The number of fused-ring (bicyclic) bond motifs is 13. The van der Waals surface area contributed by atoms with E-state index in [0.717, 1.165) is 67.3 Å². The average Bonchev–Trinajstić information content (AvgIpc) is 3.45. The quantitative estimate of drug-likeness (QED) is 0.189. The summed E-state index contributed by atoms with van der Waals surface area (Å²) < 4.78 is 11.0. The topological polar surface area (TPSA) is 44.2 Å². The van der Waals surface area contributed by atoms with Crippen molar-refractivity contribution in [3.8, 4) is 67.4 Å². The second-order valence-corrected chi connectivity index (χ2v) is 13.2. The summed E-state index contributed by atoms with van der Waals surface area (Å²) in [5.74, 6) is 1.62. The summed E-state index contributed by atoms with van der Waals surface area (Å²) in [7, 11) is 3.38. The molecule has 1 aromatic heterocycles. The van der Waals surface area contributed by atoms with E-state index in [-0.39, 0.29) is 0 Å². The number of benzene rings is 7. The molecule has 242 valence electrons. The standard InChI is InChI=1S/C47H32N2O2/c1-50-31-23-19-29(20-24-31)33-27-28-34(30-21-25-32(51-2)26-22-30)44-43(33)48-45-37-13-5-9-17-41(37)47(42-18-10-6-14-38(42)46(45)49-44)39-15-7-3-11-35(39)36-12-4-8-16-40(36)47/h3-28H,1-2H3. The minimum Gasteiger partial charge on any atom is -0.497 e. The van der Waals surface area contributed by atoms with Crippen LogP contribution < -0.4 is 9.47 Å². The Morgan fingerprint density at radius 2 is 0.686 bits per heavy atom. The number of ether oxygens (including phenoxy) is 2. The second-order valence-electron chi connectivity index (χ2n) is 13.2. The fourth-order valence-corrected chi connectivity index (χ4v) is 8.51. The van der Waals surface area contributed by atoms with Crippen molar-refractivity contribution < 1.29 is 9.47 Å². The molecular weight excluding hydrogens is 625 g/mol. The van der Waals surface area contributed by atoms with Crippen molar-refractivity contribution in [1.29, 1.82) is 0 Å². The van der Waals surface area contributed by atoms with Gasteiger partial charge in [-0.15, -0.1) is 0 Å². The summed E-state index contributed by atoms with van der Waals surface area (Å²) in [6.07, 6.45) is 0. The highest BCUT2D eigenvalue weighted by Gasteiger charge is 2.50. The van der Waals surface area contributed by atoms with Crippen LogP contribution in [0.2, 0.25) is 0 Å². The predicted molar refractivity (Wildman–Crippen MR) is 205 cm³/mol. The Morgan fingerprint density at radius 3 is 1.06 bits per heavy atom. The lowest BCUT2D eigenvalue weighted by molar-refractivity contribution is 0.415. The monoisotopic (exact) mass is 656 g/mol. The molecule has 0 atom stereocenters. The molecular formula is C47H32N2O2. The molecule has 0 amide bonds. The van der Waals surface area contributed by atoms with Gasteiger partial charge in [-0.2, -0.15) is 0 Å². The van der Waals surface area contributed by atoms with Gasteiger partial charge in [0.05, 0.1) is 42.1 Å². The molecule has 1 spiro atoms. The normalized spacial score (nSPS) is 13.1. The van der Waals surface area contributed by atoms with E-state index in [0.29, 0.717) is 0 Å². The predicted octanol–water partition coefficient (Wildman–Crippen LogP) is 11.0. The van der Waals surface area contributed by atoms with Crippen molar-refractivity contribution in [2.45, 2.75) is 5.41 Å². The highest BCUT2D eigenvalue weighted by molar-refractivity contribution is 6.04. The molecule has 0 N–H and O–H groups in total. The van der Waals surface area contributed by atoms with Gasteiger partial charge in [-0.1, -0.05) is 133 Å². The first-order valence-electron chi connectivity index (χ1n) is 17.2. The van der Waals surface area contributed by atoms with Gasteiger partial charge in [0, 0.05) is 22.3 Å². The van der Waals surface area contributed by atoms with Gasteiger partial charge >= 0.3 is 0 Å². The van der Waals surface area contributed by atoms with Crippen molar-refractivity contribution >= 4 is 11.0 Å². The van der Waals surface area contributed by atoms with Crippen LogP contribution in [0.3, 0.4) is 0 Å². The van der Waals surface area contributed by atoms with Crippen LogP contribution >= 0.6 is 0 Å². The van der Waals surface area contributed by atoms with Crippen molar-refractivity contribution in [2.24, 2.45) is 0 Å². The van der Waals surface area contributed by atoms with Crippen molar-refractivity contribution in [2.75, 3.05) is 14.2 Å². The third-order valence-corrected chi connectivity index (χ3v) is 10.7. The molecule has 0 saturated heterocycles. The fraction of sp³-hybridized carbons (Fsp3) is 0.0638. The Labute approximate surface area is 296 Å². The molecule has 0 unspecified atom stereocenters. The average molecular weight is 657 g/mol. The zero-order valence-electron chi connectivity index (χ0n) is 28.2. The molecule has 1 heterocycles. The van der Waals surface area contributed by atoms with Crippen LogP contribution in [0.25, 0.3) is 66.9 Å². The first kappa shape index (κ1) is 29.4. The molecule has 7 aromatic carbocycles. The lowest BCUT2D eigenvalue weighted by Crippen LogP contribution is -2.29. The van der Waals surface area contributed by atoms with Crippen molar-refractivity contribution in [3.63, 3.8) is 0 Å². The molecule has 51 heavy (non-hydrogen) atoms. The van der Waals surface area contributed by atoms with Gasteiger partial charge in [0.2, 0.25) is 0 Å². The van der Waals surface area contributed by atoms with Crippen LogP contribution in [-0.4, -0.2) is 24.2 Å². The maximum absolute atomic E-state index is 5.70. The van der Waals surface area contributed by atoms with Crippen molar-refractivity contribution in [1.82, 2.24) is 9.97 Å². The van der Waals surface area contributed by atoms with Gasteiger partial charge in [-0.3, -0.25) is 0 Å². The fourth-order valence-electron chi connectivity index (χ4n) is 8.51. The lowest BCUT2D eigenvalue weighted by Gasteiger charge is -2.35. The third-order valence-electron chi connectivity index (χ3n) is 10.7. The lowest BCUT2D eigenvalue weighted by atomic mass is 9.66. The molecule has 4 nitrogen and oxygen atoms in total. The number of hydrogen-bond acceptors (Lipinski definition) is 4. The van der Waals surface area contributed by atoms with E-state index in [2.05, 4.69) is 133 Å². The largest absolute Gasteiger partial charge is 0.497 e. The van der Waals surface area contributed by atoms with Gasteiger partial charge in [0.15, 0.2) is 0 Å². The van der Waals surface area contributed by atoms with E-state index < -0.39 is 5.41 Å². The van der Waals surface area contributed by atoms with Crippen LogP contribution in [-0.2, 0) is 5.41 Å². The first-order chi connectivity index (χ1) is 25.2.